The highest BCUT2D eigenvalue weighted by Gasteiger charge is 2.26. The van der Waals surface area contributed by atoms with Crippen LogP contribution in [0.5, 0.6) is 0 Å². The molecule has 1 heterocycles. The molecule has 0 radical (unpaired) electrons. The Morgan fingerprint density at radius 1 is 1.38 bits per heavy atom. The van der Waals surface area contributed by atoms with E-state index in [4.69, 9.17) is 0 Å². The summed E-state index contributed by atoms with van der Waals surface area (Å²) in [6, 6.07) is 3.33. The monoisotopic (exact) mass is 331 g/mol. The lowest BCUT2D eigenvalue weighted by Crippen LogP contribution is -2.38. The number of nitrogens with zero attached hydrogens (tertiary/aromatic N) is 2. The minimum absolute atomic E-state index is 0.00268. The maximum atomic E-state index is 12.6. The molecule has 0 amide bonds. The second kappa shape index (κ2) is 8.60. The SMILES string of the molecule is CCCNc1ccc(S(=O)(=O)N(C)C(CC)CSC)cn1. The average Bonchev–Trinajstić information content (AvgIpc) is 2.50. The zero-order valence-corrected chi connectivity index (χ0v) is 14.8. The van der Waals surface area contributed by atoms with E-state index in [1.807, 2.05) is 13.2 Å². The fourth-order valence-corrected chi connectivity index (χ4v) is 4.24. The van der Waals surface area contributed by atoms with Crippen molar-refractivity contribution in [3.05, 3.63) is 18.3 Å². The molecule has 1 aromatic heterocycles. The Hall–Kier alpha value is -0.790. The van der Waals surface area contributed by atoms with Crippen LogP contribution >= 0.6 is 11.8 Å². The van der Waals surface area contributed by atoms with Crippen molar-refractivity contribution < 1.29 is 8.42 Å². The third-order valence-corrected chi connectivity index (χ3v) is 5.93. The van der Waals surface area contributed by atoms with Crippen LogP contribution in [0.15, 0.2) is 23.2 Å². The quantitative estimate of drug-likeness (QED) is 0.754. The van der Waals surface area contributed by atoms with Crippen LogP contribution in [0.4, 0.5) is 5.82 Å². The Labute approximate surface area is 132 Å². The highest BCUT2D eigenvalue weighted by atomic mass is 32.2. The average molecular weight is 332 g/mol. The first-order chi connectivity index (χ1) is 9.97. The van der Waals surface area contributed by atoms with E-state index in [2.05, 4.69) is 17.2 Å². The van der Waals surface area contributed by atoms with Gasteiger partial charge in [0.2, 0.25) is 10.0 Å². The molecule has 1 rings (SSSR count). The number of pyridine rings is 1. The van der Waals surface area contributed by atoms with Gasteiger partial charge in [-0.2, -0.15) is 16.1 Å². The van der Waals surface area contributed by atoms with E-state index < -0.39 is 10.0 Å². The van der Waals surface area contributed by atoms with Gasteiger partial charge in [-0.1, -0.05) is 13.8 Å². The standard InChI is InChI=1S/C14H25N3O2S2/c1-5-9-15-14-8-7-13(10-16-14)21(18,19)17(3)12(6-2)11-20-4/h7-8,10,12H,5-6,9,11H2,1-4H3,(H,15,16). The van der Waals surface area contributed by atoms with E-state index in [0.29, 0.717) is 5.82 Å². The number of rotatable bonds is 9. The first-order valence-corrected chi connectivity index (χ1v) is 9.97. The van der Waals surface area contributed by atoms with Gasteiger partial charge >= 0.3 is 0 Å². The molecule has 0 aliphatic heterocycles. The maximum absolute atomic E-state index is 12.6. The fourth-order valence-electron chi connectivity index (χ4n) is 1.93. The summed E-state index contributed by atoms with van der Waals surface area (Å²) in [4.78, 5) is 4.42. The topological polar surface area (TPSA) is 62.3 Å². The molecule has 5 nitrogen and oxygen atoms in total. The normalized spacial score (nSPS) is 13.4. The fraction of sp³-hybridized carbons (Fsp3) is 0.643. The van der Waals surface area contributed by atoms with E-state index >= 15 is 0 Å². The summed E-state index contributed by atoms with van der Waals surface area (Å²) in [5, 5.41) is 3.13. The van der Waals surface area contributed by atoms with Gasteiger partial charge in [0.1, 0.15) is 10.7 Å². The Kier molecular flexibility index (Phi) is 7.48. The van der Waals surface area contributed by atoms with Gasteiger partial charge < -0.3 is 5.32 Å². The number of nitrogens with one attached hydrogen (secondary N) is 1. The summed E-state index contributed by atoms with van der Waals surface area (Å²) in [7, 11) is -1.84. The van der Waals surface area contributed by atoms with Crippen molar-refractivity contribution in [1.82, 2.24) is 9.29 Å². The molecule has 7 heteroatoms. The Bertz CT molecular complexity index is 518. The van der Waals surface area contributed by atoms with Crippen molar-refractivity contribution in [3.63, 3.8) is 0 Å². The van der Waals surface area contributed by atoms with Gasteiger partial charge in [-0.15, -0.1) is 0 Å². The van der Waals surface area contributed by atoms with Crippen LogP contribution in [0.3, 0.4) is 0 Å². The number of hydrogen-bond donors (Lipinski definition) is 1. The molecule has 0 saturated heterocycles. The van der Waals surface area contributed by atoms with Crippen LogP contribution in [-0.2, 0) is 10.0 Å². The zero-order chi connectivity index (χ0) is 15.9. The molecule has 0 bridgehead atoms. The van der Waals surface area contributed by atoms with Crippen molar-refractivity contribution in [3.8, 4) is 0 Å². The second-order valence-electron chi connectivity index (χ2n) is 4.84. The number of aromatic nitrogens is 1. The lowest BCUT2D eigenvalue weighted by Gasteiger charge is -2.25. The molecule has 0 aromatic carbocycles. The third kappa shape index (κ3) is 4.86. The Balaban J connectivity index is 2.91. The molecular formula is C14H25N3O2S2. The summed E-state index contributed by atoms with van der Waals surface area (Å²) in [5.41, 5.74) is 0. The lowest BCUT2D eigenvalue weighted by atomic mass is 10.3. The number of sulfonamides is 1. The van der Waals surface area contributed by atoms with Gasteiger partial charge in [0.05, 0.1) is 0 Å². The summed E-state index contributed by atoms with van der Waals surface area (Å²) < 4.78 is 26.6. The summed E-state index contributed by atoms with van der Waals surface area (Å²) in [6.45, 7) is 4.89. The molecule has 1 unspecified atom stereocenters. The van der Waals surface area contributed by atoms with Crippen molar-refractivity contribution in [2.24, 2.45) is 0 Å². The highest BCUT2D eigenvalue weighted by molar-refractivity contribution is 7.98. The number of hydrogen-bond acceptors (Lipinski definition) is 5. The molecule has 1 aromatic rings. The number of thioether (sulfide) groups is 1. The van der Waals surface area contributed by atoms with Crippen LogP contribution in [-0.4, -0.2) is 49.3 Å². The van der Waals surface area contributed by atoms with Crippen molar-refractivity contribution in [1.29, 1.82) is 0 Å². The largest absolute Gasteiger partial charge is 0.370 e. The molecule has 0 aliphatic carbocycles. The molecule has 0 aliphatic rings. The van der Waals surface area contributed by atoms with Gasteiger partial charge in [-0.25, -0.2) is 13.4 Å². The van der Waals surface area contributed by atoms with Crippen LogP contribution in [0, 0.1) is 0 Å². The molecule has 21 heavy (non-hydrogen) atoms. The molecule has 1 atom stereocenters. The number of anilines is 1. The van der Waals surface area contributed by atoms with Gasteiger partial charge in [0.25, 0.3) is 0 Å². The maximum Gasteiger partial charge on any atom is 0.244 e. The van der Waals surface area contributed by atoms with Crippen molar-refractivity contribution in [2.75, 3.05) is 30.9 Å². The second-order valence-corrected chi connectivity index (χ2v) is 7.75. The first kappa shape index (κ1) is 18.3. The molecule has 120 valence electrons. The van der Waals surface area contributed by atoms with E-state index in [9.17, 15) is 8.42 Å². The van der Waals surface area contributed by atoms with Crippen LogP contribution < -0.4 is 5.32 Å². The van der Waals surface area contributed by atoms with Crippen molar-refractivity contribution in [2.45, 2.75) is 37.6 Å². The van der Waals surface area contributed by atoms with E-state index in [0.717, 1.165) is 25.1 Å². The highest BCUT2D eigenvalue weighted by Crippen LogP contribution is 2.20. The summed E-state index contributed by atoms with van der Waals surface area (Å²) in [5.74, 6) is 1.49. The third-order valence-electron chi connectivity index (χ3n) is 3.31. The molecule has 1 N–H and O–H groups in total. The van der Waals surface area contributed by atoms with E-state index in [-0.39, 0.29) is 10.9 Å². The van der Waals surface area contributed by atoms with Gasteiger partial charge in [0, 0.05) is 31.6 Å². The van der Waals surface area contributed by atoms with Crippen LogP contribution in [0.1, 0.15) is 26.7 Å². The first-order valence-electron chi connectivity index (χ1n) is 7.14. The smallest absolute Gasteiger partial charge is 0.244 e. The Morgan fingerprint density at radius 3 is 2.57 bits per heavy atom. The van der Waals surface area contributed by atoms with Crippen molar-refractivity contribution >= 4 is 27.6 Å². The molecule has 0 fully saturated rings. The van der Waals surface area contributed by atoms with E-state index in [1.54, 1.807) is 30.9 Å². The zero-order valence-electron chi connectivity index (χ0n) is 13.2. The molecule has 0 spiro atoms. The lowest BCUT2D eigenvalue weighted by molar-refractivity contribution is 0.385. The summed E-state index contributed by atoms with van der Waals surface area (Å²) in [6.07, 6.45) is 5.20. The van der Waals surface area contributed by atoms with Gasteiger partial charge in [-0.05, 0) is 31.2 Å². The van der Waals surface area contributed by atoms with Gasteiger partial charge in [0.15, 0.2) is 0 Å². The predicted octanol–water partition coefficient (Wildman–Crippen LogP) is 2.67. The molecular weight excluding hydrogens is 306 g/mol. The van der Waals surface area contributed by atoms with Crippen LogP contribution in [0.2, 0.25) is 0 Å². The van der Waals surface area contributed by atoms with E-state index in [1.165, 1.54) is 10.5 Å². The molecule has 0 saturated carbocycles. The minimum Gasteiger partial charge on any atom is -0.370 e. The minimum atomic E-state index is -3.48. The van der Waals surface area contributed by atoms with Gasteiger partial charge in [-0.3, -0.25) is 0 Å². The van der Waals surface area contributed by atoms with Crippen LogP contribution in [0.25, 0.3) is 0 Å². The summed E-state index contributed by atoms with van der Waals surface area (Å²) >= 11 is 1.65. The Morgan fingerprint density at radius 2 is 2.10 bits per heavy atom. The predicted molar refractivity (Wildman–Crippen MR) is 90.4 cm³/mol.